The number of nitrogens with one attached hydrogen (secondary N) is 2. The summed E-state index contributed by atoms with van der Waals surface area (Å²) in [6.07, 6.45) is 5.49. The predicted octanol–water partition coefficient (Wildman–Crippen LogP) is 1.71. The van der Waals surface area contributed by atoms with Crippen molar-refractivity contribution in [3.05, 3.63) is 70.4 Å². The van der Waals surface area contributed by atoms with Gasteiger partial charge >= 0.3 is 6.09 Å². The Hall–Kier alpha value is -2.89. The van der Waals surface area contributed by atoms with Crippen LogP contribution in [0.5, 0.6) is 0 Å². The van der Waals surface area contributed by atoms with Gasteiger partial charge in [0.2, 0.25) is 0 Å². The van der Waals surface area contributed by atoms with Gasteiger partial charge in [0.15, 0.2) is 0 Å². The Morgan fingerprint density at radius 3 is 2.90 bits per heavy atom. The molecule has 0 spiro atoms. The van der Waals surface area contributed by atoms with Crippen LogP contribution in [-0.2, 0) is 11.3 Å². The third-order valence-electron chi connectivity index (χ3n) is 2.62. The molecule has 2 aromatic rings. The largest absolute Gasteiger partial charge is 0.445 e. The highest BCUT2D eigenvalue weighted by Gasteiger charge is 2.00. The van der Waals surface area contributed by atoms with E-state index >= 15 is 0 Å². The summed E-state index contributed by atoms with van der Waals surface area (Å²) in [5, 5.41) is 2.56. The zero-order valence-corrected chi connectivity index (χ0v) is 11.3. The van der Waals surface area contributed by atoms with Crippen molar-refractivity contribution in [3.8, 4) is 0 Å². The minimum Gasteiger partial charge on any atom is -0.445 e. The van der Waals surface area contributed by atoms with E-state index in [0.717, 1.165) is 5.56 Å². The molecule has 1 amide bonds. The molecule has 2 N–H and O–H groups in total. The highest BCUT2D eigenvalue weighted by molar-refractivity contribution is 5.67. The molecule has 1 aromatic carbocycles. The standard InChI is InChI=1S/C15H15N3O3/c19-14-13(9-16-11-18-14)7-4-8-17-15(20)21-10-12-5-2-1-3-6-12/h1-7,9,11H,8,10H2,(H,17,20)(H,16,18,19). The van der Waals surface area contributed by atoms with E-state index in [-0.39, 0.29) is 18.7 Å². The van der Waals surface area contributed by atoms with Crippen molar-refractivity contribution in [2.45, 2.75) is 6.61 Å². The number of aromatic amines is 1. The van der Waals surface area contributed by atoms with Crippen molar-refractivity contribution >= 4 is 12.2 Å². The number of benzene rings is 1. The molecule has 1 aromatic heterocycles. The molecule has 6 nitrogen and oxygen atoms in total. The van der Waals surface area contributed by atoms with E-state index in [1.165, 1.54) is 12.5 Å². The molecule has 0 bridgehead atoms. The maximum atomic E-state index is 11.4. The van der Waals surface area contributed by atoms with E-state index in [4.69, 9.17) is 4.74 Å². The second kappa shape index (κ2) is 7.64. The molecule has 6 heteroatoms. The molecule has 0 saturated carbocycles. The highest BCUT2D eigenvalue weighted by Crippen LogP contribution is 2.00. The number of hydrogen-bond acceptors (Lipinski definition) is 4. The third-order valence-corrected chi connectivity index (χ3v) is 2.62. The van der Waals surface area contributed by atoms with Gasteiger partial charge in [0.25, 0.3) is 5.56 Å². The third kappa shape index (κ3) is 4.94. The van der Waals surface area contributed by atoms with Gasteiger partial charge in [-0.3, -0.25) is 4.79 Å². The molecule has 0 unspecified atom stereocenters. The molecule has 0 aliphatic carbocycles. The smallest absolute Gasteiger partial charge is 0.407 e. The number of H-pyrrole nitrogens is 1. The quantitative estimate of drug-likeness (QED) is 0.876. The molecule has 0 atom stereocenters. The molecular weight excluding hydrogens is 270 g/mol. The fourth-order valence-electron chi connectivity index (χ4n) is 1.58. The van der Waals surface area contributed by atoms with Gasteiger partial charge in [-0.1, -0.05) is 42.5 Å². The molecule has 21 heavy (non-hydrogen) atoms. The van der Waals surface area contributed by atoms with Crippen LogP contribution in [0.3, 0.4) is 0 Å². The van der Waals surface area contributed by atoms with Crippen LogP contribution in [-0.4, -0.2) is 22.6 Å². The number of carbonyl (C=O) groups excluding carboxylic acids is 1. The summed E-state index contributed by atoms with van der Waals surface area (Å²) in [6.45, 7) is 0.487. The predicted molar refractivity (Wildman–Crippen MR) is 78.5 cm³/mol. The lowest BCUT2D eigenvalue weighted by Gasteiger charge is -2.05. The normalized spacial score (nSPS) is 10.5. The average molecular weight is 285 g/mol. The topological polar surface area (TPSA) is 84.1 Å². The first-order valence-corrected chi connectivity index (χ1v) is 6.39. The number of nitrogens with zero attached hydrogens (tertiary/aromatic N) is 1. The van der Waals surface area contributed by atoms with Crippen molar-refractivity contribution in [2.24, 2.45) is 0 Å². The lowest BCUT2D eigenvalue weighted by molar-refractivity contribution is 0.141. The Kier molecular flexibility index (Phi) is 5.28. The van der Waals surface area contributed by atoms with Crippen LogP contribution in [0.4, 0.5) is 4.79 Å². The van der Waals surface area contributed by atoms with E-state index in [1.54, 1.807) is 12.2 Å². The van der Waals surface area contributed by atoms with Crippen LogP contribution in [0.25, 0.3) is 6.08 Å². The van der Waals surface area contributed by atoms with Crippen LogP contribution in [0, 0.1) is 0 Å². The molecule has 0 aliphatic rings. The Balaban J connectivity index is 1.72. The molecule has 0 radical (unpaired) electrons. The summed E-state index contributed by atoms with van der Waals surface area (Å²) in [5.41, 5.74) is 1.12. The SMILES string of the molecule is O=C(NCC=Cc1cnc[nH]c1=O)OCc1ccccc1. The summed E-state index contributed by atoms with van der Waals surface area (Å²) in [4.78, 5) is 29.1. The van der Waals surface area contributed by atoms with Crippen LogP contribution in [0.2, 0.25) is 0 Å². The van der Waals surface area contributed by atoms with Crippen LogP contribution < -0.4 is 10.9 Å². The Labute approximate surface area is 121 Å². The fourth-order valence-corrected chi connectivity index (χ4v) is 1.58. The van der Waals surface area contributed by atoms with Gasteiger partial charge in [-0.25, -0.2) is 9.78 Å². The van der Waals surface area contributed by atoms with Crippen molar-refractivity contribution in [1.29, 1.82) is 0 Å². The summed E-state index contributed by atoms with van der Waals surface area (Å²) in [7, 11) is 0. The number of carbonyl (C=O) groups is 1. The second-order valence-electron chi connectivity index (χ2n) is 4.18. The molecule has 0 aliphatic heterocycles. The summed E-state index contributed by atoms with van der Waals surface area (Å²) in [5.74, 6) is 0. The van der Waals surface area contributed by atoms with Gasteiger partial charge in [-0.15, -0.1) is 0 Å². The first kappa shape index (κ1) is 14.5. The zero-order chi connectivity index (χ0) is 14.9. The minimum atomic E-state index is -0.511. The van der Waals surface area contributed by atoms with Crippen LogP contribution in [0.1, 0.15) is 11.1 Å². The fraction of sp³-hybridized carbons (Fsp3) is 0.133. The van der Waals surface area contributed by atoms with Crippen molar-refractivity contribution in [2.75, 3.05) is 6.54 Å². The Bertz CT molecular complexity index is 665. The van der Waals surface area contributed by atoms with Gasteiger partial charge in [0.1, 0.15) is 6.61 Å². The highest BCUT2D eigenvalue weighted by atomic mass is 16.5. The number of amides is 1. The van der Waals surface area contributed by atoms with E-state index in [9.17, 15) is 9.59 Å². The number of alkyl carbamates (subject to hydrolysis) is 1. The molecule has 108 valence electrons. The van der Waals surface area contributed by atoms with Gasteiger partial charge in [-0.05, 0) is 5.56 Å². The van der Waals surface area contributed by atoms with Crippen LogP contribution >= 0.6 is 0 Å². The summed E-state index contributed by atoms with van der Waals surface area (Å²) in [6, 6.07) is 9.41. The second-order valence-corrected chi connectivity index (χ2v) is 4.18. The number of hydrogen-bond donors (Lipinski definition) is 2. The van der Waals surface area contributed by atoms with E-state index in [2.05, 4.69) is 15.3 Å². The van der Waals surface area contributed by atoms with Gasteiger partial charge in [0, 0.05) is 12.7 Å². The van der Waals surface area contributed by atoms with E-state index in [1.807, 2.05) is 30.3 Å². The Morgan fingerprint density at radius 2 is 2.14 bits per heavy atom. The zero-order valence-electron chi connectivity index (χ0n) is 11.3. The molecule has 2 rings (SSSR count). The molecule has 0 fully saturated rings. The molecule has 0 saturated heterocycles. The van der Waals surface area contributed by atoms with Crippen molar-refractivity contribution in [3.63, 3.8) is 0 Å². The number of rotatable bonds is 5. The van der Waals surface area contributed by atoms with E-state index in [0.29, 0.717) is 5.56 Å². The first-order valence-electron chi connectivity index (χ1n) is 6.39. The van der Waals surface area contributed by atoms with Crippen molar-refractivity contribution in [1.82, 2.24) is 15.3 Å². The number of aromatic nitrogens is 2. The van der Waals surface area contributed by atoms with Gasteiger partial charge < -0.3 is 15.0 Å². The Morgan fingerprint density at radius 1 is 1.33 bits per heavy atom. The average Bonchev–Trinajstić information content (AvgIpc) is 2.52. The monoisotopic (exact) mass is 285 g/mol. The van der Waals surface area contributed by atoms with Crippen molar-refractivity contribution < 1.29 is 9.53 Å². The maximum absolute atomic E-state index is 11.4. The molecular formula is C15H15N3O3. The summed E-state index contributed by atoms with van der Waals surface area (Å²) >= 11 is 0. The molecule has 1 heterocycles. The number of ether oxygens (including phenoxy) is 1. The first-order chi connectivity index (χ1) is 10.3. The summed E-state index contributed by atoms with van der Waals surface area (Å²) < 4.78 is 5.04. The van der Waals surface area contributed by atoms with E-state index < -0.39 is 6.09 Å². The van der Waals surface area contributed by atoms with Gasteiger partial charge in [0.05, 0.1) is 11.9 Å². The maximum Gasteiger partial charge on any atom is 0.407 e. The van der Waals surface area contributed by atoms with Crippen LogP contribution in [0.15, 0.2) is 53.7 Å². The lowest BCUT2D eigenvalue weighted by atomic mass is 10.2. The van der Waals surface area contributed by atoms with Gasteiger partial charge in [-0.2, -0.15) is 0 Å². The lowest BCUT2D eigenvalue weighted by Crippen LogP contribution is -2.24. The minimum absolute atomic E-state index is 0.221.